The Balaban J connectivity index is 1.53. The van der Waals surface area contributed by atoms with Crippen molar-refractivity contribution >= 4 is 17.8 Å². The molecule has 0 aliphatic carbocycles. The maximum Gasteiger partial charge on any atom is 0.490 e. The molecule has 1 unspecified atom stereocenters. The highest BCUT2D eigenvalue weighted by Gasteiger charge is 2.33. The van der Waals surface area contributed by atoms with E-state index < -0.39 is 17.1 Å². The summed E-state index contributed by atoms with van der Waals surface area (Å²) in [6.07, 6.45) is 0.379. The third-order valence-electron chi connectivity index (χ3n) is 4.13. The molecule has 1 aliphatic rings. The Morgan fingerprint density at radius 1 is 1.20 bits per heavy atom. The van der Waals surface area contributed by atoms with E-state index in [2.05, 4.69) is 15.2 Å². The zero-order valence-electron chi connectivity index (χ0n) is 15.8. The van der Waals surface area contributed by atoms with Gasteiger partial charge in [0.05, 0.1) is 0 Å². The van der Waals surface area contributed by atoms with Crippen molar-refractivity contribution in [3.63, 3.8) is 0 Å². The van der Waals surface area contributed by atoms with Gasteiger partial charge in [-0.3, -0.25) is 4.79 Å². The topological polar surface area (TPSA) is 125 Å². The van der Waals surface area contributed by atoms with Gasteiger partial charge in [0, 0.05) is 17.6 Å². The Morgan fingerprint density at radius 2 is 1.97 bits per heavy atom. The number of hydrazone groups is 1. The summed E-state index contributed by atoms with van der Waals surface area (Å²) in [6.45, 7) is 1.37. The van der Waals surface area contributed by atoms with E-state index in [4.69, 9.17) is 9.47 Å². The van der Waals surface area contributed by atoms with Crippen molar-refractivity contribution < 1.29 is 19.2 Å². The molecule has 0 spiro atoms. The first-order chi connectivity index (χ1) is 14.5. The Hall–Kier alpha value is -4.28. The van der Waals surface area contributed by atoms with Gasteiger partial charge in [0.2, 0.25) is 24.4 Å². The van der Waals surface area contributed by atoms with Crippen molar-refractivity contribution in [1.29, 1.82) is 0 Å². The average molecular weight is 408 g/mol. The van der Waals surface area contributed by atoms with Gasteiger partial charge in [-0.1, -0.05) is 29.2 Å². The number of para-hydroxylation sites is 1. The number of ether oxygens (including phenoxy) is 2. The normalized spacial score (nSPS) is 15.4. The maximum absolute atomic E-state index is 12.0. The van der Waals surface area contributed by atoms with Crippen LogP contribution >= 0.6 is 0 Å². The highest BCUT2D eigenvalue weighted by molar-refractivity contribution is 5.96. The molecule has 0 bridgehead atoms. The lowest BCUT2D eigenvalue weighted by atomic mass is 10.2. The summed E-state index contributed by atoms with van der Waals surface area (Å²) in [7, 11) is 0. The average Bonchev–Trinajstić information content (AvgIpc) is 3.37. The zero-order chi connectivity index (χ0) is 21.1. The molecule has 0 N–H and O–H groups in total. The first kappa shape index (κ1) is 19.1. The third-order valence-corrected chi connectivity index (χ3v) is 4.13. The predicted molar refractivity (Wildman–Crippen MR) is 104 cm³/mol. The van der Waals surface area contributed by atoms with E-state index in [1.54, 1.807) is 24.3 Å². The lowest BCUT2D eigenvalue weighted by Gasteiger charge is -2.17. The molecular weight excluding hydrogens is 392 g/mol. The van der Waals surface area contributed by atoms with Crippen molar-refractivity contribution in [3.8, 4) is 11.5 Å². The van der Waals surface area contributed by atoms with Crippen molar-refractivity contribution in [2.75, 3.05) is 0 Å². The minimum Gasteiger partial charge on any atom is -0.457 e. The molecule has 11 heteroatoms. The molecule has 1 atom stereocenters. The second kappa shape index (κ2) is 7.99. The first-order valence-electron chi connectivity index (χ1n) is 8.92. The Bertz CT molecular complexity index is 1110. The molecule has 1 aromatic heterocycles. The van der Waals surface area contributed by atoms with Gasteiger partial charge in [0.25, 0.3) is 0 Å². The molecule has 0 saturated heterocycles. The van der Waals surface area contributed by atoms with Gasteiger partial charge < -0.3 is 19.6 Å². The van der Waals surface area contributed by atoms with Crippen LogP contribution in [0.15, 0.2) is 66.0 Å². The van der Waals surface area contributed by atoms with E-state index >= 15 is 0 Å². The fourth-order valence-electron chi connectivity index (χ4n) is 2.81. The molecule has 11 nitrogen and oxygen atoms in total. The van der Waals surface area contributed by atoms with Gasteiger partial charge in [-0.05, 0) is 35.3 Å². The van der Waals surface area contributed by atoms with Gasteiger partial charge in [0.15, 0.2) is 0 Å². The quantitative estimate of drug-likeness (QED) is 0.453. The van der Waals surface area contributed by atoms with E-state index in [1.807, 2.05) is 30.3 Å². The molecule has 30 heavy (non-hydrogen) atoms. The number of hydrogen-bond donors (Lipinski definition) is 0. The maximum atomic E-state index is 12.0. The molecule has 2 heterocycles. The van der Waals surface area contributed by atoms with Crippen LogP contribution in [0, 0.1) is 10.1 Å². The molecule has 3 aromatic rings. The lowest BCUT2D eigenvalue weighted by Crippen LogP contribution is -2.35. The largest absolute Gasteiger partial charge is 0.490 e. The van der Waals surface area contributed by atoms with Crippen molar-refractivity contribution in [2.24, 2.45) is 5.10 Å². The second-order valence-electron chi connectivity index (χ2n) is 6.31. The Morgan fingerprint density at radius 3 is 2.67 bits per heavy atom. The summed E-state index contributed by atoms with van der Waals surface area (Å²) in [5.74, 6) is 0.605. The predicted octanol–water partition coefficient (Wildman–Crippen LogP) is 2.55. The molecule has 0 fully saturated rings. The molecule has 0 radical (unpaired) electrons. The number of hydrogen-bond acceptors (Lipinski definition) is 8. The molecule has 2 aromatic carbocycles. The molecule has 1 aliphatic heterocycles. The minimum absolute atomic E-state index is 0.0215. The van der Waals surface area contributed by atoms with E-state index in [0.29, 0.717) is 17.1 Å². The molecular formula is C19H16N6O5. The van der Waals surface area contributed by atoms with Gasteiger partial charge in [-0.25, -0.2) is 0 Å². The number of benzene rings is 2. The molecule has 4 rings (SSSR count). The summed E-state index contributed by atoms with van der Waals surface area (Å²) in [4.78, 5) is 25.7. The number of nitro groups is 1. The van der Waals surface area contributed by atoms with Crippen LogP contribution in [0.3, 0.4) is 0 Å². The van der Waals surface area contributed by atoms with E-state index in [-0.39, 0.29) is 18.3 Å². The first-order valence-corrected chi connectivity index (χ1v) is 8.92. The van der Waals surface area contributed by atoms with Gasteiger partial charge in [0.1, 0.15) is 18.0 Å². The summed E-state index contributed by atoms with van der Waals surface area (Å²) in [5, 5.41) is 19.9. The summed E-state index contributed by atoms with van der Waals surface area (Å²) in [5.41, 5.74) is 0.613. The Labute approximate surface area is 170 Å². The van der Waals surface area contributed by atoms with Crippen LogP contribution in [0.4, 0.5) is 5.95 Å². The van der Waals surface area contributed by atoms with Crippen molar-refractivity contribution in [1.82, 2.24) is 19.8 Å². The van der Waals surface area contributed by atoms with E-state index in [1.165, 1.54) is 17.9 Å². The van der Waals surface area contributed by atoms with Crippen LogP contribution in [-0.2, 0) is 16.1 Å². The Kier molecular flexibility index (Phi) is 5.08. The van der Waals surface area contributed by atoms with Crippen LogP contribution in [0.1, 0.15) is 12.5 Å². The van der Waals surface area contributed by atoms with Crippen LogP contribution < -0.4 is 4.74 Å². The molecule has 0 saturated carbocycles. The van der Waals surface area contributed by atoms with Gasteiger partial charge >= 0.3 is 5.95 Å². The number of carbonyl (C=O) groups excluding carboxylic acids is 1. The smallest absolute Gasteiger partial charge is 0.457 e. The van der Waals surface area contributed by atoms with E-state index in [0.717, 1.165) is 5.01 Å². The fourth-order valence-corrected chi connectivity index (χ4v) is 2.81. The van der Waals surface area contributed by atoms with Gasteiger partial charge in [-0.15, -0.1) is 5.10 Å². The summed E-state index contributed by atoms with van der Waals surface area (Å²) < 4.78 is 12.9. The van der Waals surface area contributed by atoms with Crippen molar-refractivity contribution in [2.45, 2.75) is 19.7 Å². The monoisotopic (exact) mass is 408 g/mol. The highest BCUT2D eigenvalue weighted by atomic mass is 16.6. The van der Waals surface area contributed by atoms with E-state index in [9.17, 15) is 14.9 Å². The van der Waals surface area contributed by atoms with Crippen LogP contribution in [0.25, 0.3) is 0 Å². The molecule has 152 valence electrons. The molecule has 1 amide bonds. The summed E-state index contributed by atoms with van der Waals surface area (Å²) in [6, 6.07) is 16.4. The van der Waals surface area contributed by atoms with Crippen molar-refractivity contribution in [3.05, 3.63) is 76.6 Å². The number of carbonyl (C=O) groups is 1. The third kappa shape index (κ3) is 4.09. The number of aromatic nitrogens is 3. The lowest BCUT2D eigenvalue weighted by molar-refractivity contribution is -0.394. The number of amides is 1. The highest BCUT2D eigenvalue weighted by Crippen LogP contribution is 2.25. The zero-order valence-corrected chi connectivity index (χ0v) is 15.8. The standard InChI is InChI=1S/C19H16N6O5/c1-13(26)24-17(11-23-12-20-19(22-23)25(27)28)30-18(21-24)14-6-5-9-16(10-14)29-15-7-3-2-4-8-15/h2-10,12,17H,11H2,1H3. The number of nitrogens with zero attached hydrogens (tertiary/aromatic N) is 6. The van der Waals surface area contributed by atoms with Crippen LogP contribution in [-0.4, -0.2) is 42.7 Å². The van der Waals surface area contributed by atoms with Gasteiger partial charge in [-0.2, -0.15) is 9.69 Å². The number of rotatable bonds is 6. The summed E-state index contributed by atoms with van der Waals surface area (Å²) >= 11 is 0. The minimum atomic E-state index is -0.822. The fraction of sp³-hybridized carbons (Fsp3) is 0.158. The van der Waals surface area contributed by atoms with Crippen LogP contribution in [0.2, 0.25) is 0 Å². The second-order valence-corrected chi connectivity index (χ2v) is 6.31. The SMILES string of the molecule is CC(=O)N1N=C(c2cccc(Oc3ccccc3)c2)OC1Cn1cnc([N+](=O)[O-])n1. The van der Waals surface area contributed by atoms with Crippen LogP contribution in [0.5, 0.6) is 11.5 Å².